The Kier molecular flexibility index (Phi) is 5.95. The predicted molar refractivity (Wildman–Crippen MR) is 116 cm³/mol. The second kappa shape index (κ2) is 8.06. The summed E-state index contributed by atoms with van der Waals surface area (Å²) in [6.45, 7) is 8.01. The van der Waals surface area contributed by atoms with Gasteiger partial charge in [-0.2, -0.15) is 9.97 Å². The fraction of sp³-hybridized carbons (Fsp3) is 0.333. The van der Waals surface area contributed by atoms with Crippen LogP contribution in [0, 0.1) is 0 Å². The van der Waals surface area contributed by atoms with Gasteiger partial charge in [0, 0.05) is 20.9 Å². The molecule has 0 fully saturated rings. The van der Waals surface area contributed by atoms with E-state index in [-0.39, 0.29) is 5.28 Å². The van der Waals surface area contributed by atoms with Crippen molar-refractivity contribution in [2.24, 2.45) is 0 Å². The van der Waals surface area contributed by atoms with Crippen LogP contribution in [-0.4, -0.2) is 29.2 Å². The Bertz CT molecular complexity index is 955. The Hall–Kier alpha value is -1.80. The highest BCUT2D eigenvalue weighted by atomic mass is 35.5. The van der Waals surface area contributed by atoms with Gasteiger partial charge in [0.2, 0.25) is 5.28 Å². The molecule has 2 heterocycles. The van der Waals surface area contributed by atoms with Gasteiger partial charge in [0.25, 0.3) is 0 Å². The summed E-state index contributed by atoms with van der Waals surface area (Å²) in [5, 5.41) is 4.53. The molecule has 0 atom stereocenters. The lowest BCUT2D eigenvalue weighted by Crippen LogP contribution is -2.22. The summed E-state index contributed by atoms with van der Waals surface area (Å²) in [4.78, 5) is 8.63. The summed E-state index contributed by atoms with van der Waals surface area (Å²) < 4.78 is 7.67. The summed E-state index contributed by atoms with van der Waals surface area (Å²) >= 11 is 12.6. The number of hydrogen-bond donors (Lipinski definition) is 2. The molecule has 2 aromatic heterocycles. The maximum Gasteiger partial charge on any atom is 0.226 e. The maximum absolute atomic E-state index is 6.46. The predicted octanol–water partition coefficient (Wildman–Crippen LogP) is 5.38. The molecule has 0 radical (unpaired) electrons. The van der Waals surface area contributed by atoms with Gasteiger partial charge < -0.3 is 20.4 Å². The third-order valence-corrected chi connectivity index (χ3v) is 6.24. The standard InChI is InChI=1S/C18H23Cl2N5OSi/c1-27(2,3)9-8-26-11-25-10-12(19)15-16(23-18(20)24-17(15)25)22-14-7-5-4-6-13(14)21/h4-7,10H,8-9,11,21H2,1-3H3,(H,22,23,24). The fourth-order valence-electron chi connectivity index (χ4n) is 2.58. The number of hydrogen-bond acceptors (Lipinski definition) is 5. The smallest absolute Gasteiger partial charge is 0.226 e. The first-order chi connectivity index (χ1) is 12.7. The zero-order chi connectivity index (χ0) is 19.6. The summed E-state index contributed by atoms with van der Waals surface area (Å²) in [5.74, 6) is 0.508. The number of benzene rings is 1. The van der Waals surface area contributed by atoms with Crippen LogP contribution in [-0.2, 0) is 11.5 Å². The lowest BCUT2D eigenvalue weighted by molar-refractivity contribution is 0.0899. The second-order valence-corrected chi connectivity index (χ2v) is 13.9. The third kappa shape index (κ3) is 4.93. The first-order valence-corrected chi connectivity index (χ1v) is 13.1. The van der Waals surface area contributed by atoms with E-state index in [2.05, 4.69) is 34.9 Å². The number of nitrogens with one attached hydrogen (secondary N) is 1. The van der Waals surface area contributed by atoms with Crippen molar-refractivity contribution in [2.45, 2.75) is 32.4 Å². The molecule has 0 bridgehead atoms. The topological polar surface area (TPSA) is 78.0 Å². The van der Waals surface area contributed by atoms with Crippen LogP contribution < -0.4 is 11.1 Å². The molecule has 0 unspecified atom stereocenters. The third-order valence-electron chi connectivity index (χ3n) is 4.08. The minimum absolute atomic E-state index is 0.123. The van der Waals surface area contributed by atoms with Crippen LogP contribution in [0.25, 0.3) is 11.0 Å². The second-order valence-electron chi connectivity index (χ2n) is 7.55. The maximum atomic E-state index is 6.46. The van der Waals surface area contributed by atoms with Crippen LogP contribution in [0.1, 0.15) is 0 Å². The summed E-state index contributed by atoms with van der Waals surface area (Å²) in [6, 6.07) is 8.51. The highest BCUT2D eigenvalue weighted by Crippen LogP contribution is 2.34. The molecule has 0 saturated heterocycles. The van der Waals surface area contributed by atoms with Crippen LogP contribution in [0.15, 0.2) is 30.5 Å². The van der Waals surface area contributed by atoms with E-state index in [1.54, 1.807) is 6.20 Å². The van der Waals surface area contributed by atoms with Gasteiger partial charge in [-0.05, 0) is 29.8 Å². The molecular weight excluding hydrogens is 401 g/mol. The number of rotatable bonds is 7. The van der Waals surface area contributed by atoms with Crippen LogP contribution in [0.2, 0.25) is 36.0 Å². The van der Waals surface area contributed by atoms with Crippen LogP contribution in [0.5, 0.6) is 0 Å². The van der Waals surface area contributed by atoms with Gasteiger partial charge in [0.15, 0.2) is 5.65 Å². The molecule has 0 aliphatic carbocycles. The van der Waals surface area contributed by atoms with E-state index in [9.17, 15) is 0 Å². The van der Waals surface area contributed by atoms with Crippen LogP contribution in [0.4, 0.5) is 17.2 Å². The number of fused-ring (bicyclic) bond motifs is 1. The van der Waals surface area contributed by atoms with Crippen molar-refractivity contribution < 1.29 is 4.74 Å². The molecule has 3 rings (SSSR count). The molecule has 6 nitrogen and oxygen atoms in total. The Morgan fingerprint density at radius 2 is 1.93 bits per heavy atom. The number of aromatic nitrogens is 3. The van der Waals surface area contributed by atoms with Gasteiger partial charge in [-0.1, -0.05) is 43.4 Å². The molecular formula is C18H23Cl2N5OSi. The van der Waals surface area contributed by atoms with Crippen LogP contribution in [0.3, 0.4) is 0 Å². The zero-order valence-electron chi connectivity index (χ0n) is 15.6. The van der Waals surface area contributed by atoms with E-state index in [4.69, 9.17) is 33.7 Å². The molecule has 1 aromatic carbocycles. The Labute approximate surface area is 169 Å². The lowest BCUT2D eigenvalue weighted by atomic mass is 10.2. The first-order valence-electron chi connectivity index (χ1n) is 8.66. The van der Waals surface area contributed by atoms with Gasteiger partial charge in [-0.3, -0.25) is 0 Å². The summed E-state index contributed by atoms with van der Waals surface area (Å²) in [5.41, 5.74) is 7.96. The van der Waals surface area contributed by atoms with Gasteiger partial charge in [-0.25, -0.2) is 0 Å². The molecule has 0 amide bonds. The molecule has 3 N–H and O–H groups in total. The number of nitrogen functional groups attached to an aromatic ring is 1. The Morgan fingerprint density at radius 1 is 1.19 bits per heavy atom. The highest BCUT2D eigenvalue weighted by Gasteiger charge is 2.17. The van der Waals surface area contributed by atoms with Crippen molar-refractivity contribution >= 4 is 59.5 Å². The van der Waals surface area contributed by atoms with Gasteiger partial charge in [-0.15, -0.1) is 0 Å². The van der Waals surface area contributed by atoms with Crippen molar-refractivity contribution in [3.63, 3.8) is 0 Å². The van der Waals surface area contributed by atoms with Gasteiger partial charge >= 0.3 is 0 Å². The lowest BCUT2D eigenvalue weighted by Gasteiger charge is -2.15. The molecule has 3 aromatic rings. The van der Waals surface area contributed by atoms with E-state index in [0.29, 0.717) is 40.9 Å². The summed E-state index contributed by atoms with van der Waals surface area (Å²) in [7, 11) is -1.14. The van der Waals surface area contributed by atoms with E-state index in [0.717, 1.165) is 11.7 Å². The van der Waals surface area contributed by atoms with Crippen molar-refractivity contribution in [1.29, 1.82) is 0 Å². The number of nitrogens with zero attached hydrogens (tertiary/aromatic N) is 3. The molecule has 27 heavy (non-hydrogen) atoms. The van der Waals surface area contributed by atoms with Crippen molar-refractivity contribution in [3.8, 4) is 0 Å². The zero-order valence-corrected chi connectivity index (χ0v) is 18.1. The van der Waals surface area contributed by atoms with E-state index in [1.165, 1.54) is 0 Å². The Morgan fingerprint density at radius 3 is 2.63 bits per heavy atom. The van der Waals surface area contributed by atoms with Crippen LogP contribution >= 0.6 is 23.2 Å². The van der Waals surface area contributed by atoms with E-state index >= 15 is 0 Å². The number of para-hydroxylation sites is 2. The molecule has 0 saturated carbocycles. The minimum atomic E-state index is -1.14. The molecule has 0 aliphatic heterocycles. The number of ether oxygens (including phenoxy) is 1. The minimum Gasteiger partial charge on any atom is -0.397 e. The average Bonchev–Trinajstić information content (AvgIpc) is 2.89. The molecule has 9 heteroatoms. The molecule has 0 aliphatic rings. The summed E-state index contributed by atoms with van der Waals surface area (Å²) in [6.07, 6.45) is 1.78. The molecule has 144 valence electrons. The number of nitrogens with two attached hydrogens (primary N) is 1. The Balaban J connectivity index is 1.88. The fourth-order valence-corrected chi connectivity index (χ4v) is 3.79. The van der Waals surface area contributed by atoms with E-state index < -0.39 is 8.07 Å². The average molecular weight is 424 g/mol. The van der Waals surface area contributed by atoms with E-state index in [1.807, 2.05) is 28.8 Å². The SMILES string of the molecule is C[Si](C)(C)CCOCn1cc(Cl)c2c(Nc3ccccc3N)nc(Cl)nc21. The van der Waals surface area contributed by atoms with Crippen molar-refractivity contribution in [3.05, 3.63) is 40.8 Å². The first kappa shape index (κ1) is 19.9. The van der Waals surface area contributed by atoms with Crippen molar-refractivity contribution in [2.75, 3.05) is 17.7 Å². The number of halogens is 2. The number of anilines is 3. The van der Waals surface area contributed by atoms with Crippen molar-refractivity contribution in [1.82, 2.24) is 14.5 Å². The van der Waals surface area contributed by atoms with Gasteiger partial charge in [0.05, 0.1) is 21.8 Å². The normalized spacial score (nSPS) is 11.9. The monoisotopic (exact) mass is 423 g/mol. The molecule has 0 spiro atoms. The van der Waals surface area contributed by atoms with Gasteiger partial charge in [0.1, 0.15) is 12.5 Å². The highest BCUT2D eigenvalue weighted by molar-refractivity contribution is 6.76. The largest absolute Gasteiger partial charge is 0.397 e. The quantitative estimate of drug-likeness (QED) is 0.231.